The van der Waals surface area contributed by atoms with Crippen LogP contribution in [0.4, 0.5) is 0 Å². The van der Waals surface area contributed by atoms with Crippen molar-refractivity contribution in [3.8, 4) is 6.07 Å². The number of benzene rings is 1. The molecule has 4 nitrogen and oxygen atoms in total. The summed E-state index contributed by atoms with van der Waals surface area (Å²) in [4.78, 5) is 15.9. The Bertz CT molecular complexity index is 800. The van der Waals surface area contributed by atoms with E-state index in [2.05, 4.69) is 11.1 Å². The van der Waals surface area contributed by atoms with E-state index in [1.165, 1.54) is 24.1 Å². The van der Waals surface area contributed by atoms with E-state index in [-0.39, 0.29) is 18.0 Å². The number of carbonyl (C=O) groups excluding carboxylic acids is 1. The van der Waals surface area contributed by atoms with Crippen LogP contribution in [0.1, 0.15) is 53.7 Å². The molecule has 1 fully saturated rings. The summed E-state index contributed by atoms with van der Waals surface area (Å²) in [5.41, 5.74) is 4.37. The zero-order valence-electron chi connectivity index (χ0n) is 13.1. The van der Waals surface area contributed by atoms with Crippen molar-refractivity contribution in [2.45, 2.75) is 51.0 Å². The van der Waals surface area contributed by atoms with E-state index >= 15 is 0 Å². The number of nitrogens with zero attached hydrogens (tertiary/aromatic N) is 1. The Labute approximate surface area is 135 Å². The van der Waals surface area contributed by atoms with E-state index in [4.69, 9.17) is 10.00 Å². The van der Waals surface area contributed by atoms with Gasteiger partial charge >= 0.3 is 5.97 Å². The molecule has 0 radical (unpaired) electrons. The van der Waals surface area contributed by atoms with Crippen LogP contribution in [0.2, 0.25) is 0 Å². The summed E-state index contributed by atoms with van der Waals surface area (Å²) >= 11 is 0. The quantitative estimate of drug-likeness (QED) is 0.856. The molecule has 0 aliphatic heterocycles. The number of H-pyrrole nitrogens is 1. The molecule has 0 spiro atoms. The highest BCUT2D eigenvalue weighted by Crippen LogP contribution is 2.31. The highest BCUT2D eigenvalue weighted by molar-refractivity contribution is 5.96. The third-order valence-electron chi connectivity index (χ3n) is 5.21. The third-order valence-corrected chi connectivity index (χ3v) is 5.21. The van der Waals surface area contributed by atoms with Gasteiger partial charge in [0.05, 0.1) is 17.6 Å². The fourth-order valence-electron chi connectivity index (χ4n) is 3.95. The summed E-state index contributed by atoms with van der Waals surface area (Å²) in [5.74, 6) is -0.451. The van der Waals surface area contributed by atoms with Gasteiger partial charge in [-0.3, -0.25) is 0 Å². The van der Waals surface area contributed by atoms with Gasteiger partial charge in [0.15, 0.2) is 0 Å². The number of rotatable bonds is 2. The number of hydrogen-bond donors (Lipinski definition) is 1. The number of aromatic nitrogens is 1. The molecular weight excluding hydrogens is 288 g/mol. The van der Waals surface area contributed by atoms with Crippen LogP contribution in [0, 0.1) is 17.2 Å². The Morgan fingerprint density at radius 2 is 2.09 bits per heavy atom. The van der Waals surface area contributed by atoms with Gasteiger partial charge in [0.1, 0.15) is 6.10 Å². The Balaban J connectivity index is 1.61. The van der Waals surface area contributed by atoms with E-state index in [9.17, 15) is 4.79 Å². The van der Waals surface area contributed by atoms with Crippen LogP contribution >= 0.6 is 0 Å². The number of nitriles is 1. The molecule has 1 saturated carbocycles. The largest absolute Gasteiger partial charge is 0.457 e. The first kappa shape index (κ1) is 14.3. The fourth-order valence-corrected chi connectivity index (χ4v) is 3.95. The van der Waals surface area contributed by atoms with E-state index in [0.29, 0.717) is 5.56 Å². The van der Waals surface area contributed by atoms with E-state index < -0.39 is 0 Å². The molecular formula is C19H20N2O2. The predicted octanol–water partition coefficient (Wildman–Crippen LogP) is 3.90. The molecule has 23 heavy (non-hydrogen) atoms. The van der Waals surface area contributed by atoms with Gasteiger partial charge < -0.3 is 9.72 Å². The molecule has 1 heterocycles. The van der Waals surface area contributed by atoms with Crippen molar-refractivity contribution in [3.05, 3.63) is 35.0 Å². The minimum Gasteiger partial charge on any atom is -0.457 e. The number of esters is 1. The summed E-state index contributed by atoms with van der Waals surface area (Å²) in [7, 11) is 0. The van der Waals surface area contributed by atoms with Crippen LogP contribution in [0.15, 0.2) is 18.2 Å². The molecule has 0 bridgehead atoms. The first-order chi connectivity index (χ1) is 11.3. The molecule has 0 unspecified atom stereocenters. The minimum absolute atomic E-state index is 0.150. The van der Waals surface area contributed by atoms with Crippen LogP contribution in [0.3, 0.4) is 0 Å². The third kappa shape index (κ3) is 2.50. The molecule has 2 aliphatic rings. The Morgan fingerprint density at radius 1 is 1.22 bits per heavy atom. The molecule has 0 amide bonds. The van der Waals surface area contributed by atoms with Crippen molar-refractivity contribution in [1.29, 1.82) is 5.26 Å². The van der Waals surface area contributed by atoms with Gasteiger partial charge in [-0.1, -0.05) is 0 Å². The van der Waals surface area contributed by atoms with Gasteiger partial charge in [-0.15, -0.1) is 0 Å². The highest BCUT2D eigenvalue weighted by Gasteiger charge is 2.30. The number of hydrogen-bond acceptors (Lipinski definition) is 3. The average molecular weight is 308 g/mol. The van der Waals surface area contributed by atoms with E-state index in [1.54, 1.807) is 0 Å². The number of fused-ring (bicyclic) bond motifs is 3. The molecule has 2 atom stereocenters. The van der Waals surface area contributed by atoms with Crippen LogP contribution in [-0.4, -0.2) is 17.1 Å². The number of ether oxygens (including phenoxy) is 1. The molecule has 2 aliphatic carbocycles. The second-order valence-corrected chi connectivity index (χ2v) is 6.66. The first-order valence-corrected chi connectivity index (χ1v) is 8.50. The molecule has 4 heteroatoms. The average Bonchev–Trinajstić information content (AvgIpc) is 3.17. The summed E-state index contributed by atoms with van der Waals surface area (Å²) in [6, 6.07) is 8.00. The molecule has 1 N–H and O–H groups in total. The van der Waals surface area contributed by atoms with E-state index in [0.717, 1.165) is 43.0 Å². The summed E-state index contributed by atoms with van der Waals surface area (Å²) < 4.78 is 5.60. The van der Waals surface area contributed by atoms with Crippen molar-refractivity contribution in [2.75, 3.05) is 0 Å². The maximum Gasteiger partial charge on any atom is 0.338 e. The monoisotopic (exact) mass is 308 g/mol. The van der Waals surface area contributed by atoms with Crippen molar-refractivity contribution in [1.82, 2.24) is 4.98 Å². The normalized spacial score (nSPS) is 23.4. The number of nitrogens with one attached hydrogen (secondary N) is 1. The van der Waals surface area contributed by atoms with Gasteiger partial charge in [-0.2, -0.15) is 5.26 Å². The number of carbonyl (C=O) groups is 1. The number of aromatic amines is 1. The van der Waals surface area contributed by atoms with Crippen molar-refractivity contribution in [2.24, 2.45) is 5.92 Å². The summed E-state index contributed by atoms with van der Waals surface area (Å²) in [5, 5.41) is 10.3. The van der Waals surface area contributed by atoms with Crippen molar-refractivity contribution in [3.63, 3.8) is 0 Å². The lowest BCUT2D eigenvalue weighted by Crippen LogP contribution is -2.21. The molecule has 0 saturated heterocycles. The Kier molecular flexibility index (Phi) is 3.57. The van der Waals surface area contributed by atoms with Gasteiger partial charge in [0, 0.05) is 16.6 Å². The molecule has 1 aromatic heterocycles. The van der Waals surface area contributed by atoms with Crippen LogP contribution < -0.4 is 0 Å². The lowest BCUT2D eigenvalue weighted by atomic mass is 9.95. The maximum absolute atomic E-state index is 12.5. The SMILES string of the molecule is N#C[C@H]1CCC[C@@H]1OC(=O)c1ccc2[nH]c3c(c2c1)CCCC3. The molecule has 118 valence electrons. The van der Waals surface area contributed by atoms with Crippen LogP contribution in [0.5, 0.6) is 0 Å². The highest BCUT2D eigenvalue weighted by atomic mass is 16.5. The Hall–Kier alpha value is -2.28. The predicted molar refractivity (Wildman–Crippen MR) is 87.1 cm³/mol. The zero-order chi connectivity index (χ0) is 15.8. The second-order valence-electron chi connectivity index (χ2n) is 6.66. The van der Waals surface area contributed by atoms with Crippen molar-refractivity contribution >= 4 is 16.9 Å². The lowest BCUT2D eigenvalue weighted by Gasteiger charge is -2.15. The standard InChI is InChI=1S/C19H20N2O2/c20-11-13-4-3-7-18(13)23-19(22)12-8-9-17-15(10-12)14-5-1-2-6-16(14)21-17/h8-10,13,18,21H,1-7H2/t13-,18+/m1/s1. The lowest BCUT2D eigenvalue weighted by molar-refractivity contribution is 0.0260. The molecule has 4 rings (SSSR count). The summed E-state index contributed by atoms with van der Waals surface area (Å²) in [6.45, 7) is 0. The zero-order valence-corrected chi connectivity index (χ0v) is 13.1. The molecule has 1 aromatic carbocycles. The molecule has 2 aromatic rings. The topological polar surface area (TPSA) is 65.9 Å². The number of aryl methyl sites for hydroxylation is 2. The maximum atomic E-state index is 12.5. The van der Waals surface area contributed by atoms with Gasteiger partial charge in [-0.05, 0) is 68.7 Å². The van der Waals surface area contributed by atoms with Crippen molar-refractivity contribution < 1.29 is 9.53 Å². The van der Waals surface area contributed by atoms with Gasteiger partial charge in [-0.25, -0.2) is 4.79 Å². The second kappa shape index (κ2) is 5.73. The minimum atomic E-state index is -0.301. The Morgan fingerprint density at radius 3 is 2.96 bits per heavy atom. The van der Waals surface area contributed by atoms with Crippen LogP contribution in [-0.2, 0) is 17.6 Å². The van der Waals surface area contributed by atoms with Gasteiger partial charge in [0.2, 0.25) is 0 Å². The van der Waals surface area contributed by atoms with E-state index in [1.807, 2.05) is 18.2 Å². The van der Waals surface area contributed by atoms with Gasteiger partial charge in [0.25, 0.3) is 0 Å². The van der Waals surface area contributed by atoms with Crippen LogP contribution in [0.25, 0.3) is 10.9 Å². The smallest absolute Gasteiger partial charge is 0.338 e. The first-order valence-electron chi connectivity index (χ1n) is 8.50. The fraction of sp³-hybridized carbons (Fsp3) is 0.474. The summed E-state index contributed by atoms with van der Waals surface area (Å²) in [6.07, 6.45) is 6.95.